The minimum absolute atomic E-state index is 0.239. The third-order valence-electron chi connectivity index (χ3n) is 5.45. The van der Waals surface area contributed by atoms with Crippen LogP contribution < -0.4 is 4.90 Å². The van der Waals surface area contributed by atoms with Crippen molar-refractivity contribution in [3.05, 3.63) is 41.6 Å². The molecule has 4 heterocycles. The summed E-state index contributed by atoms with van der Waals surface area (Å²) in [6.45, 7) is 1.11. The van der Waals surface area contributed by atoms with Gasteiger partial charge in [0, 0.05) is 32.4 Å². The van der Waals surface area contributed by atoms with Gasteiger partial charge in [0.05, 0.1) is 16.6 Å². The molecule has 2 aliphatic rings. The number of hydrogen-bond donors (Lipinski definition) is 1. The maximum atomic E-state index is 12.4. The lowest BCUT2D eigenvalue weighted by Gasteiger charge is -2.43. The molecule has 0 aliphatic carbocycles. The summed E-state index contributed by atoms with van der Waals surface area (Å²) in [6.07, 6.45) is 3.87. The number of rotatable bonds is 4. The van der Waals surface area contributed by atoms with Gasteiger partial charge >= 0.3 is 11.9 Å². The van der Waals surface area contributed by atoms with Crippen molar-refractivity contribution in [1.82, 2.24) is 25.2 Å². The molecule has 2 aliphatic heterocycles. The van der Waals surface area contributed by atoms with E-state index in [1.54, 1.807) is 6.20 Å². The van der Waals surface area contributed by atoms with Crippen molar-refractivity contribution < 1.29 is 19.4 Å². The molecule has 1 N–H and O–H groups in total. The average molecular weight is 426 g/mol. The van der Waals surface area contributed by atoms with Crippen LogP contribution in [0.2, 0.25) is 0 Å². The number of tetrazole rings is 1. The minimum atomic E-state index is -1.03. The lowest BCUT2D eigenvalue weighted by molar-refractivity contribution is -0.138. The SMILES string of the molecule is O=C(O)Cn1nnc(-c2cnc(N3CCC4(CC3)Cc3ccccc3C(=O)O4)s2)n1. The molecule has 0 unspecified atom stereocenters. The van der Waals surface area contributed by atoms with E-state index in [1.807, 2.05) is 24.3 Å². The highest BCUT2D eigenvalue weighted by molar-refractivity contribution is 7.18. The number of carbonyl (C=O) groups excluding carboxylic acids is 1. The van der Waals surface area contributed by atoms with E-state index >= 15 is 0 Å². The number of carboxylic acids is 1. The molecule has 3 aromatic rings. The van der Waals surface area contributed by atoms with Crippen LogP contribution in [0.1, 0.15) is 28.8 Å². The molecule has 0 amide bonds. The molecule has 154 valence electrons. The van der Waals surface area contributed by atoms with Crippen LogP contribution in [0, 0.1) is 0 Å². The van der Waals surface area contributed by atoms with E-state index in [0.29, 0.717) is 11.4 Å². The fraction of sp³-hybridized carbons (Fsp3) is 0.368. The number of thiazole rings is 1. The Kier molecular flexibility index (Phi) is 4.46. The van der Waals surface area contributed by atoms with Crippen molar-refractivity contribution in [2.24, 2.45) is 0 Å². The normalized spacial score (nSPS) is 17.6. The van der Waals surface area contributed by atoms with Crippen molar-refractivity contribution in [1.29, 1.82) is 0 Å². The van der Waals surface area contributed by atoms with Crippen molar-refractivity contribution in [3.63, 3.8) is 0 Å². The molecule has 1 saturated heterocycles. The van der Waals surface area contributed by atoms with E-state index in [4.69, 9.17) is 9.84 Å². The number of piperidine rings is 1. The molecule has 0 saturated carbocycles. The Morgan fingerprint density at radius 1 is 1.27 bits per heavy atom. The van der Waals surface area contributed by atoms with Gasteiger partial charge < -0.3 is 14.7 Å². The van der Waals surface area contributed by atoms with Crippen molar-refractivity contribution in [3.8, 4) is 10.7 Å². The first-order chi connectivity index (χ1) is 14.5. The van der Waals surface area contributed by atoms with Gasteiger partial charge in [-0.15, -0.1) is 10.2 Å². The fourth-order valence-corrected chi connectivity index (χ4v) is 4.83. The van der Waals surface area contributed by atoms with Gasteiger partial charge in [0.2, 0.25) is 5.82 Å². The van der Waals surface area contributed by atoms with Crippen LogP contribution in [0.5, 0.6) is 0 Å². The number of esters is 1. The third-order valence-corrected chi connectivity index (χ3v) is 6.50. The maximum Gasteiger partial charge on any atom is 0.338 e. The van der Waals surface area contributed by atoms with Crippen LogP contribution >= 0.6 is 11.3 Å². The van der Waals surface area contributed by atoms with Crippen LogP contribution in [0.15, 0.2) is 30.5 Å². The first-order valence-corrected chi connectivity index (χ1v) is 10.3. The Bertz CT molecular complexity index is 1120. The molecule has 2 aromatic heterocycles. The number of ether oxygens (including phenoxy) is 1. The highest BCUT2D eigenvalue weighted by Crippen LogP contribution is 2.38. The lowest BCUT2D eigenvalue weighted by atomic mass is 9.82. The molecular formula is C19H18N6O4S. The van der Waals surface area contributed by atoms with Gasteiger partial charge in [-0.3, -0.25) is 4.79 Å². The highest BCUT2D eigenvalue weighted by Gasteiger charge is 2.43. The predicted molar refractivity (Wildman–Crippen MR) is 106 cm³/mol. The first-order valence-electron chi connectivity index (χ1n) is 9.53. The Morgan fingerprint density at radius 3 is 2.87 bits per heavy atom. The number of fused-ring (bicyclic) bond motifs is 1. The van der Waals surface area contributed by atoms with Gasteiger partial charge in [0.25, 0.3) is 0 Å². The summed E-state index contributed by atoms with van der Waals surface area (Å²) in [7, 11) is 0. The zero-order valence-electron chi connectivity index (χ0n) is 15.9. The quantitative estimate of drug-likeness (QED) is 0.620. The number of aromatic nitrogens is 5. The number of aliphatic carboxylic acids is 1. The van der Waals surface area contributed by atoms with E-state index in [-0.39, 0.29) is 12.5 Å². The predicted octanol–water partition coefficient (Wildman–Crippen LogP) is 1.63. The van der Waals surface area contributed by atoms with E-state index in [1.165, 1.54) is 11.3 Å². The van der Waals surface area contributed by atoms with Crippen molar-refractivity contribution in [2.45, 2.75) is 31.4 Å². The second-order valence-electron chi connectivity index (χ2n) is 7.44. The smallest absolute Gasteiger partial charge is 0.338 e. The summed E-state index contributed by atoms with van der Waals surface area (Å²) < 4.78 is 5.87. The standard InChI is InChI=1S/C19H18N6O4S/c26-15(27)11-25-22-16(21-23-25)14-10-20-18(30-14)24-7-5-19(6-8-24)9-12-3-1-2-4-13(12)17(28)29-19/h1-4,10H,5-9,11H2,(H,26,27). The second-order valence-corrected chi connectivity index (χ2v) is 8.45. The summed E-state index contributed by atoms with van der Waals surface area (Å²) in [4.78, 5) is 31.6. The van der Waals surface area contributed by atoms with E-state index < -0.39 is 11.6 Å². The van der Waals surface area contributed by atoms with Crippen LogP contribution in [0.25, 0.3) is 10.7 Å². The largest absolute Gasteiger partial charge is 0.480 e. The molecule has 5 rings (SSSR count). The number of anilines is 1. The third kappa shape index (κ3) is 3.41. The summed E-state index contributed by atoms with van der Waals surface area (Å²) in [5.74, 6) is -0.916. The van der Waals surface area contributed by atoms with Gasteiger partial charge in [-0.25, -0.2) is 9.78 Å². The van der Waals surface area contributed by atoms with Crippen molar-refractivity contribution >= 4 is 28.4 Å². The van der Waals surface area contributed by atoms with Crippen molar-refractivity contribution in [2.75, 3.05) is 18.0 Å². The topological polar surface area (TPSA) is 123 Å². The molecule has 0 bridgehead atoms. The van der Waals surface area contributed by atoms with Gasteiger partial charge in [0.15, 0.2) is 11.7 Å². The lowest BCUT2D eigenvalue weighted by Crippen LogP contribution is -2.50. The van der Waals surface area contributed by atoms with Gasteiger partial charge in [-0.2, -0.15) is 4.80 Å². The van der Waals surface area contributed by atoms with Crippen LogP contribution in [-0.2, 0) is 22.5 Å². The Morgan fingerprint density at radius 2 is 2.07 bits per heavy atom. The molecule has 0 radical (unpaired) electrons. The molecule has 30 heavy (non-hydrogen) atoms. The summed E-state index contributed by atoms with van der Waals surface area (Å²) >= 11 is 1.43. The average Bonchev–Trinajstić information content (AvgIpc) is 3.38. The van der Waals surface area contributed by atoms with E-state index in [9.17, 15) is 9.59 Å². The molecule has 1 spiro atoms. The van der Waals surface area contributed by atoms with Crippen LogP contribution in [0.3, 0.4) is 0 Å². The maximum absolute atomic E-state index is 12.4. The Balaban J connectivity index is 1.27. The molecule has 1 aromatic carbocycles. The monoisotopic (exact) mass is 426 g/mol. The van der Waals surface area contributed by atoms with E-state index in [0.717, 1.165) is 52.7 Å². The number of benzene rings is 1. The van der Waals surface area contributed by atoms with Gasteiger partial charge in [-0.1, -0.05) is 29.5 Å². The zero-order chi connectivity index (χ0) is 20.7. The Hall–Kier alpha value is -3.34. The summed E-state index contributed by atoms with van der Waals surface area (Å²) in [5.41, 5.74) is 1.26. The van der Waals surface area contributed by atoms with E-state index in [2.05, 4.69) is 25.3 Å². The summed E-state index contributed by atoms with van der Waals surface area (Å²) in [5, 5.41) is 21.4. The number of carboxylic acid groups (broad SMARTS) is 1. The molecule has 10 nitrogen and oxygen atoms in total. The zero-order valence-corrected chi connectivity index (χ0v) is 16.7. The number of carbonyl (C=O) groups is 2. The minimum Gasteiger partial charge on any atom is -0.480 e. The summed E-state index contributed by atoms with van der Waals surface area (Å²) in [6, 6.07) is 7.63. The molecular weight excluding hydrogens is 408 g/mol. The van der Waals surface area contributed by atoms with Gasteiger partial charge in [0.1, 0.15) is 5.60 Å². The first kappa shape index (κ1) is 18.7. The molecule has 1 fully saturated rings. The number of nitrogens with zero attached hydrogens (tertiary/aromatic N) is 6. The molecule has 0 atom stereocenters. The van der Waals surface area contributed by atoms with Crippen LogP contribution in [0.4, 0.5) is 5.13 Å². The van der Waals surface area contributed by atoms with Gasteiger partial charge in [-0.05, 0) is 16.8 Å². The van der Waals surface area contributed by atoms with Crippen LogP contribution in [-0.4, -0.2) is 60.9 Å². The Labute approximate surface area is 175 Å². The molecule has 11 heteroatoms. The fourth-order valence-electron chi connectivity index (χ4n) is 3.94. The second kappa shape index (κ2) is 7.17. The number of hydrogen-bond acceptors (Lipinski definition) is 9. The highest BCUT2D eigenvalue weighted by atomic mass is 32.1.